The molecule has 6 heteroatoms. The van der Waals surface area contributed by atoms with E-state index in [0.717, 1.165) is 5.56 Å². The zero-order valence-electron chi connectivity index (χ0n) is 12.5. The quantitative estimate of drug-likeness (QED) is 0.824. The number of rotatable bonds is 6. The first-order valence-corrected chi connectivity index (χ1v) is 7.32. The Kier molecular flexibility index (Phi) is 6.00. The molecule has 0 saturated carbocycles. The van der Waals surface area contributed by atoms with E-state index >= 15 is 0 Å². The summed E-state index contributed by atoms with van der Waals surface area (Å²) in [5.74, 6) is -0.459. The second kappa shape index (κ2) is 8.19. The Balaban J connectivity index is 1.74. The molecule has 0 aliphatic carbocycles. The molecule has 0 unspecified atom stereocenters. The lowest BCUT2D eigenvalue weighted by Crippen LogP contribution is -2.23. The molecule has 0 spiro atoms. The number of amides is 1. The number of halogens is 1. The number of hydrogen-bond donors (Lipinski definition) is 1. The highest BCUT2D eigenvalue weighted by Gasteiger charge is 2.09. The van der Waals surface area contributed by atoms with Gasteiger partial charge in [-0.2, -0.15) is 0 Å². The minimum Gasteiger partial charge on any atom is -0.482 e. The van der Waals surface area contributed by atoms with Gasteiger partial charge in [-0.1, -0.05) is 35.9 Å². The average Bonchev–Trinajstić information content (AvgIpc) is 2.52. The highest BCUT2D eigenvalue weighted by molar-refractivity contribution is 6.30. The van der Waals surface area contributed by atoms with Gasteiger partial charge in [0.2, 0.25) is 0 Å². The van der Waals surface area contributed by atoms with E-state index in [2.05, 4.69) is 5.32 Å². The first kappa shape index (κ1) is 16.8. The van der Waals surface area contributed by atoms with Gasteiger partial charge in [0.15, 0.2) is 13.2 Å². The number of hydrogen-bond acceptors (Lipinski definition) is 4. The predicted molar refractivity (Wildman–Crippen MR) is 87.7 cm³/mol. The van der Waals surface area contributed by atoms with Crippen molar-refractivity contribution in [3.05, 3.63) is 59.1 Å². The Morgan fingerprint density at radius 3 is 2.61 bits per heavy atom. The topological polar surface area (TPSA) is 64.6 Å². The van der Waals surface area contributed by atoms with Gasteiger partial charge in [0.25, 0.3) is 5.91 Å². The smallest absolute Gasteiger partial charge is 0.344 e. The van der Waals surface area contributed by atoms with Crippen LogP contribution in [0, 0.1) is 6.92 Å². The van der Waals surface area contributed by atoms with Crippen LogP contribution in [0.3, 0.4) is 0 Å². The number of nitrogens with one attached hydrogen (secondary N) is 1. The SMILES string of the molecule is Cc1ccccc1OCC(=O)OCC(=O)Nc1cccc(Cl)c1. The molecule has 0 fully saturated rings. The summed E-state index contributed by atoms with van der Waals surface area (Å²) in [5.41, 5.74) is 1.45. The Morgan fingerprint density at radius 1 is 1.09 bits per heavy atom. The average molecular weight is 334 g/mol. The van der Waals surface area contributed by atoms with E-state index in [0.29, 0.717) is 16.5 Å². The summed E-state index contributed by atoms with van der Waals surface area (Å²) in [4.78, 5) is 23.3. The van der Waals surface area contributed by atoms with Crippen LogP contribution >= 0.6 is 11.6 Å². The number of para-hydroxylation sites is 1. The Bertz CT molecular complexity index is 702. The standard InChI is InChI=1S/C17H16ClNO4/c1-12-5-2-3-8-15(12)22-11-17(21)23-10-16(20)19-14-7-4-6-13(18)9-14/h2-9H,10-11H2,1H3,(H,19,20). The maximum absolute atomic E-state index is 11.7. The summed E-state index contributed by atoms with van der Waals surface area (Å²) < 4.78 is 10.2. The molecule has 5 nitrogen and oxygen atoms in total. The number of ether oxygens (including phenoxy) is 2. The van der Waals surface area contributed by atoms with Gasteiger partial charge in [0, 0.05) is 10.7 Å². The number of esters is 1. The Morgan fingerprint density at radius 2 is 1.87 bits per heavy atom. The normalized spacial score (nSPS) is 10.0. The van der Waals surface area contributed by atoms with Crippen LogP contribution in [-0.2, 0) is 14.3 Å². The molecule has 0 saturated heterocycles. The zero-order valence-corrected chi connectivity index (χ0v) is 13.3. The van der Waals surface area contributed by atoms with E-state index in [1.165, 1.54) is 0 Å². The van der Waals surface area contributed by atoms with E-state index in [1.54, 1.807) is 30.3 Å². The van der Waals surface area contributed by atoms with Gasteiger partial charge in [-0.15, -0.1) is 0 Å². The molecule has 23 heavy (non-hydrogen) atoms. The van der Waals surface area contributed by atoms with Crippen molar-refractivity contribution in [2.45, 2.75) is 6.92 Å². The fourth-order valence-corrected chi connectivity index (χ4v) is 2.00. The third-order valence-electron chi connectivity index (χ3n) is 2.91. The Hall–Kier alpha value is -2.53. The van der Waals surface area contributed by atoms with Crippen molar-refractivity contribution in [2.75, 3.05) is 18.5 Å². The fourth-order valence-electron chi connectivity index (χ4n) is 1.81. The van der Waals surface area contributed by atoms with Crippen LogP contribution in [0.15, 0.2) is 48.5 Å². The monoisotopic (exact) mass is 333 g/mol. The lowest BCUT2D eigenvalue weighted by Gasteiger charge is -2.09. The molecule has 2 rings (SSSR count). The van der Waals surface area contributed by atoms with Gasteiger partial charge < -0.3 is 14.8 Å². The third kappa shape index (κ3) is 5.64. The van der Waals surface area contributed by atoms with E-state index in [9.17, 15) is 9.59 Å². The number of benzene rings is 2. The fraction of sp³-hybridized carbons (Fsp3) is 0.176. The van der Waals surface area contributed by atoms with E-state index < -0.39 is 11.9 Å². The van der Waals surface area contributed by atoms with Crippen molar-refractivity contribution < 1.29 is 19.1 Å². The van der Waals surface area contributed by atoms with Crippen molar-refractivity contribution in [3.8, 4) is 5.75 Å². The molecule has 0 bridgehead atoms. The summed E-state index contributed by atoms with van der Waals surface area (Å²) in [6.07, 6.45) is 0. The molecule has 0 aliphatic heterocycles. The zero-order chi connectivity index (χ0) is 16.7. The van der Waals surface area contributed by atoms with Crippen molar-refractivity contribution in [1.82, 2.24) is 0 Å². The van der Waals surface area contributed by atoms with Crippen molar-refractivity contribution in [1.29, 1.82) is 0 Å². The lowest BCUT2D eigenvalue weighted by atomic mass is 10.2. The largest absolute Gasteiger partial charge is 0.482 e. The molecule has 0 aliphatic rings. The van der Waals surface area contributed by atoms with Gasteiger partial charge in [-0.05, 0) is 36.8 Å². The minimum atomic E-state index is -0.616. The van der Waals surface area contributed by atoms with Crippen molar-refractivity contribution in [3.63, 3.8) is 0 Å². The van der Waals surface area contributed by atoms with Gasteiger partial charge in [-0.3, -0.25) is 4.79 Å². The summed E-state index contributed by atoms with van der Waals surface area (Å²) in [5, 5.41) is 3.09. The molecule has 1 N–H and O–H groups in total. The van der Waals surface area contributed by atoms with Crippen LogP contribution in [0.25, 0.3) is 0 Å². The highest BCUT2D eigenvalue weighted by atomic mass is 35.5. The summed E-state index contributed by atoms with van der Waals surface area (Å²) in [7, 11) is 0. The Labute approximate surface area is 139 Å². The highest BCUT2D eigenvalue weighted by Crippen LogP contribution is 2.16. The second-order valence-corrected chi connectivity index (χ2v) is 5.21. The summed E-state index contributed by atoms with van der Waals surface area (Å²) in [6, 6.07) is 14.0. The number of aryl methyl sites for hydroxylation is 1. The molecular formula is C17H16ClNO4. The van der Waals surface area contributed by atoms with Gasteiger partial charge in [0.1, 0.15) is 5.75 Å². The van der Waals surface area contributed by atoms with Crippen molar-refractivity contribution >= 4 is 29.2 Å². The maximum atomic E-state index is 11.7. The molecule has 120 valence electrons. The summed E-state index contributed by atoms with van der Waals surface area (Å²) >= 11 is 5.81. The molecule has 0 heterocycles. The van der Waals surface area contributed by atoms with Crippen LogP contribution in [0.2, 0.25) is 5.02 Å². The van der Waals surface area contributed by atoms with Crippen LogP contribution < -0.4 is 10.1 Å². The minimum absolute atomic E-state index is 0.255. The lowest BCUT2D eigenvalue weighted by molar-refractivity contribution is -0.149. The van der Waals surface area contributed by atoms with Crippen LogP contribution in [0.5, 0.6) is 5.75 Å². The number of anilines is 1. The second-order valence-electron chi connectivity index (χ2n) is 4.77. The molecule has 1 amide bonds. The molecule has 0 atom stereocenters. The number of carbonyl (C=O) groups excluding carboxylic acids is 2. The van der Waals surface area contributed by atoms with Gasteiger partial charge in [-0.25, -0.2) is 4.79 Å². The number of carbonyl (C=O) groups is 2. The van der Waals surface area contributed by atoms with Gasteiger partial charge in [0.05, 0.1) is 0 Å². The van der Waals surface area contributed by atoms with Crippen LogP contribution in [0.4, 0.5) is 5.69 Å². The first-order chi connectivity index (χ1) is 11.0. The van der Waals surface area contributed by atoms with Gasteiger partial charge >= 0.3 is 5.97 Å². The van der Waals surface area contributed by atoms with E-state index in [-0.39, 0.29) is 13.2 Å². The maximum Gasteiger partial charge on any atom is 0.344 e. The summed E-state index contributed by atoms with van der Waals surface area (Å²) in [6.45, 7) is 1.23. The third-order valence-corrected chi connectivity index (χ3v) is 3.15. The van der Waals surface area contributed by atoms with E-state index in [1.807, 2.05) is 25.1 Å². The molecule has 0 radical (unpaired) electrons. The van der Waals surface area contributed by atoms with Crippen molar-refractivity contribution in [2.24, 2.45) is 0 Å². The molecule has 0 aromatic heterocycles. The molecule has 2 aromatic carbocycles. The van der Waals surface area contributed by atoms with Crippen LogP contribution in [0.1, 0.15) is 5.56 Å². The predicted octanol–water partition coefficient (Wildman–Crippen LogP) is 3.21. The van der Waals surface area contributed by atoms with Crippen LogP contribution in [-0.4, -0.2) is 25.1 Å². The molecule has 2 aromatic rings. The van der Waals surface area contributed by atoms with E-state index in [4.69, 9.17) is 21.1 Å². The molecular weight excluding hydrogens is 318 g/mol. The first-order valence-electron chi connectivity index (χ1n) is 6.94.